The molecule has 1 aromatic carbocycles. The second kappa shape index (κ2) is 4.15. The molecule has 0 bridgehead atoms. The van der Waals surface area contributed by atoms with Crippen LogP contribution in [0.3, 0.4) is 0 Å². The van der Waals surface area contributed by atoms with Crippen molar-refractivity contribution < 1.29 is 7.54 Å². The molecule has 1 aliphatic rings. The van der Waals surface area contributed by atoms with Gasteiger partial charge in [-0.1, -0.05) is 36.8 Å². The number of Topliss-reactive ketones (excluding diaryl/α,β-unsaturated/α-hetero) is 1. The number of nitrogens with one attached hydrogen (secondary N) is 1. The van der Waals surface area contributed by atoms with Crippen LogP contribution in [0.15, 0.2) is 30.3 Å². The molecule has 0 aliphatic heterocycles. The molecule has 1 fully saturated rings. The first-order chi connectivity index (χ1) is 8.03. The standard InChI is InChI=1S/C13H17NO/c1-14-13(10-6-5-9-12(13)15)11-7-3-2-4-8-11/h2-4,7-8,14H,5-6,9-10H2,1H3/t13-/m0/s1/i9D2. The molecule has 2 nitrogen and oxygen atoms in total. The van der Waals surface area contributed by atoms with Gasteiger partial charge >= 0.3 is 0 Å². The summed E-state index contributed by atoms with van der Waals surface area (Å²) in [6.07, 6.45) is -0.0282. The maximum atomic E-state index is 12.4. The van der Waals surface area contributed by atoms with Gasteiger partial charge in [0.15, 0.2) is 5.78 Å². The molecule has 15 heavy (non-hydrogen) atoms. The van der Waals surface area contributed by atoms with Crippen molar-refractivity contribution in [3.05, 3.63) is 35.9 Å². The number of likely N-dealkylation sites (N-methyl/N-ethyl adjacent to an activating group) is 1. The number of carbonyl (C=O) groups excluding carboxylic acids is 1. The van der Waals surface area contributed by atoms with E-state index in [1.807, 2.05) is 30.3 Å². The van der Waals surface area contributed by atoms with Gasteiger partial charge in [-0.05, 0) is 25.5 Å². The lowest BCUT2D eigenvalue weighted by Crippen LogP contribution is -2.49. The van der Waals surface area contributed by atoms with Crippen molar-refractivity contribution in [3.8, 4) is 0 Å². The lowest BCUT2D eigenvalue weighted by Gasteiger charge is -2.36. The van der Waals surface area contributed by atoms with Gasteiger partial charge < -0.3 is 5.32 Å². The SMILES string of the molecule is [2H]C1([2H])CCC[C@](NC)(c2ccccc2)C1=O. The smallest absolute Gasteiger partial charge is 0.157 e. The quantitative estimate of drug-likeness (QED) is 0.802. The van der Waals surface area contributed by atoms with E-state index in [4.69, 9.17) is 2.74 Å². The molecule has 1 N–H and O–H groups in total. The Kier molecular flexibility index (Phi) is 2.23. The summed E-state index contributed by atoms with van der Waals surface area (Å²) in [6.45, 7) is 0. The largest absolute Gasteiger partial charge is 0.304 e. The lowest BCUT2D eigenvalue weighted by atomic mass is 9.76. The molecule has 1 aliphatic carbocycles. The third-order valence-electron chi connectivity index (χ3n) is 3.10. The first-order valence-electron chi connectivity index (χ1n) is 6.32. The van der Waals surface area contributed by atoms with Gasteiger partial charge in [0.25, 0.3) is 0 Å². The van der Waals surface area contributed by atoms with E-state index < -0.39 is 11.9 Å². The number of rotatable bonds is 2. The fourth-order valence-electron chi connectivity index (χ4n) is 2.20. The van der Waals surface area contributed by atoms with Crippen molar-refractivity contribution >= 4 is 5.78 Å². The summed E-state index contributed by atoms with van der Waals surface area (Å²) >= 11 is 0. The number of carbonyl (C=O) groups is 1. The minimum absolute atomic E-state index is 0.322. The third-order valence-corrected chi connectivity index (χ3v) is 3.10. The highest BCUT2D eigenvalue weighted by atomic mass is 16.1. The molecule has 0 amide bonds. The normalized spacial score (nSPS) is 31.9. The molecule has 0 saturated heterocycles. The molecule has 0 unspecified atom stereocenters. The lowest BCUT2D eigenvalue weighted by molar-refractivity contribution is -0.127. The van der Waals surface area contributed by atoms with Gasteiger partial charge in [0.2, 0.25) is 0 Å². The van der Waals surface area contributed by atoms with Gasteiger partial charge in [-0.15, -0.1) is 0 Å². The third kappa shape index (κ3) is 1.70. The summed E-state index contributed by atoms with van der Waals surface area (Å²) in [4.78, 5) is 12.4. The maximum Gasteiger partial charge on any atom is 0.157 e. The molecule has 1 atom stereocenters. The predicted octanol–water partition coefficient (Wildman–Crippen LogP) is 2.24. The summed E-state index contributed by atoms with van der Waals surface area (Å²) < 4.78 is 15.6. The fourth-order valence-corrected chi connectivity index (χ4v) is 2.20. The van der Waals surface area contributed by atoms with Crippen molar-refractivity contribution in [2.75, 3.05) is 7.05 Å². The van der Waals surface area contributed by atoms with E-state index in [2.05, 4.69) is 5.32 Å². The first kappa shape index (κ1) is 8.05. The van der Waals surface area contributed by atoms with Crippen LogP contribution in [0.2, 0.25) is 0 Å². The molecular formula is C13H17NO. The molecule has 0 aromatic heterocycles. The van der Waals surface area contributed by atoms with E-state index in [1.54, 1.807) is 7.05 Å². The summed E-state index contributed by atoms with van der Waals surface area (Å²) in [5, 5.41) is 3.05. The van der Waals surface area contributed by atoms with Crippen LogP contribution in [0.1, 0.15) is 33.9 Å². The summed E-state index contributed by atoms with van der Waals surface area (Å²) in [6, 6.07) is 9.43. The Labute approximate surface area is 93.5 Å². The fraction of sp³-hybridized carbons (Fsp3) is 0.462. The number of ketones is 1. The maximum absolute atomic E-state index is 12.4. The van der Waals surface area contributed by atoms with Crippen LogP contribution in [0.5, 0.6) is 0 Å². The van der Waals surface area contributed by atoms with Gasteiger partial charge in [0, 0.05) is 9.11 Å². The summed E-state index contributed by atoms with van der Waals surface area (Å²) in [5.41, 5.74) is -0.000648. The van der Waals surface area contributed by atoms with Crippen molar-refractivity contribution in [1.82, 2.24) is 5.32 Å². The molecule has 1 aromatic rings. The van der Waals surface area contributed by atoms with Gasteiger partial charge in [-0.2, -0.15) is 0 Å². The van der Waals surface area contributed by atoms with Crippen molar-refractivity contribution in [1.29, 1.82) is 0 Å². The Bertz CT molecular complexity index is 419. The zero-order valence-corrected chi connectivity index (χ0v) is 8.92. The van der Waals surface area contributed by atoms with Crippen molar-refractivity contribution in [2.45, 2.75) is 31.2 Å². The van der Waals surface area contributed by atoms with E-state index in [0.29, 0.717) is 19.3 Å². The van der Waals surface area contributed by atoms with Crippen LogP contribution in [-0.4, -0.2) is 12.8 Å². The van der Waals surface area contributed by atoms with Gasteiger partial charge in [0.1, 0.15) is 5.54 Å². The Morgan fingerprint density at radius 3 is 2.73 bits per heavy atom. The summed E-state index contributed by atoms with van der Waals surface area (Å²) in [5.74, 6) is -0.343. The molecular weight excluding hydrogens is 186 g/mol. The highest BCUT2D eigenvalue weighted by Gasteiger charge is 2.39. The van der Waals surface area contributed by atoms with E-state index in [1.165, 1.54) is 0 Å². The molecule has 2 rings (SSSR count). The second-order valence-corrected chi connectivity index (χ2v) is 3.88. The highest BCUT2D eigenvalue weighted by molar-refractivity contribution is 5.90. The first-order valence-corrected chi connectivity index (χ1v) is 5.32. The van der Waals surface area contributed by atoms with Crippen molar-refractivity contribution in [2.24, 2.45) is 0 Å². The van der Waals surface area contributed by atoms with Crippen LogP contribution < -0.4 is 5.32 Å². The van der Waals surface area contributed by atoms with E-state index in [-0.39, 0.29) is 5.78 Å². The highest BCUT2D eigenvalue weighted by Crippen LogP contribution is 2.33. The van der Waals surface area contributed by atoms with Crippen LogP contribution in [-0.2, 0) is 10.3 Å². The minimum Gasteiger partial charge on any atom is -0.304 e. The van der Waals surface area contributed by atoms with Gasteiger partial charge in [-0.3, -0.25) is 4.79 Å². The summed E-state index contributed by atoms with van der Waals surface area (Å²) in [7, 11) is 1.73. The molecule has 0 radical (unpaired) electrons. The number of hydrogen-bond donors (Lipinski definition) is 1. The molecule has 0 heterocycles. The molecule has 2 heteroatoms. The van der Waals surface area contributed by atoms with Gasteiger partial charge in [0.05, 0.1) is 0 Å². The molecule has 80 valence electrons. The Balaban J connectivity index is 2.48. The Hall–Kier alpha value is -1.15. The van der Waals surface area contributed by atoms with Crippen LogP contribution >= 0.6 is 0 Å². The minimum atomic E-state index is -1.73. The zero-order valence-electron chi connectivity index (χ0n) is 10.9. The average molecular weight is 205 g/mol. The monoisotopic (exact) mass is 205 g/mol. The van der Waals surface area contributed by atoms with E-state index >= 15 is 0 Å². The Morgan fingerprint density at radius 2 is 2.07 bits per heavy atom. The van der Waals surface area contributed by atoms with Crippen LogP contribution in [0, 0.1) is 0 Å². The Morgan fingerprint density at radius 1 is 1.33 bits per heavy atom. The van der Waals surface area contributed by atoms with Crippen LogP contribution in [0.4, 0.5) is 0 Å². The van der Waals surface area contributed by atoms with E-state index in [9.17, 15) is 4.79 Å². The predicted molar refractivity (Wildman–Crippen MR) is 60.7 cm³/mol. The number of benzene rings is 1. The van der Waals surface area contributed by atoms with Gasteiger partial charge in [-0.25, -0.2) is 0 Å². The van der Waals surface area contributed by atoms with E-state index in [0.717, 1.165) is 5.56 Å². The van der Waals surface area contributed by atoms with Crippen molar-refractivity contribution in [3.63, 3.8) is 0 Å². The topological polar surface area (TPSA) is 29.1 Å². The number of hydrogen-bond acceptors (Lipinski definition) is 2. The van der Waals surface area contributed by atoms with Crippen LogP contribution in [0.25, 0.3) is 0 Å². The second-order valence-electron chi connectivity index (χ2n) is 3.88. The molecule has 0 spiro atoms. The zero-order chi connectivity index (χ0) is 12.5. The molecule has 1 saturated carbocycles. The average Bonchev–Trinajstić information content (AvgIpc) is 2.34.